The number of amides is 1. The van der Waals surface area contributed by atoms with E-state index in [4.69, 9.17) is 4.74 Å². The minimum Gasteiger partial charge on any atom is -0.481 e. The van der Waals surface area contributed by atoms with E-state index >= 15 is 0 Å². The zero-order valence-corrected chi connectivity index (χ0v) is 17.0. The number of carbonyl (C=O) groups is 1. The van der Waals surface area contributed by atoms with Crippen molar-refractivity contribution in [2.75, 3.05) is 0 Å². The summed E-state index contributed by atoms with van der Waals surface area (Å²) in [7, 11) is 0. The van der Waals surface area contributed by atoms with Crippen LogP contribution in [0.25, 0.3) is 0 Å². The molecule has 1 aliphatic carbocycles. The van der Waals surface area contributed by atoms with Gasteiger partial charge in [-0.25, -0.2) is 0 Å². The van der Waals surface area contributed by atoms with Crippen molar-refractivity contribution >= 4 is 5.91 Å². The van der Waals surface area contributed by atoms with Crippen LogP contribution in [0.4, 0.5) is 0 Å². The highest BCUT2D eigenvalue weighted by Gasteiger charge is 2.20. The Hall–Kier alpha value is -2.29. The molecule has 0 unspecified atom stereocenters. The molecule has 0 saturated heterocycles. The van der Waals surface area contributed by atoms with E-state index in [0.717, 1.165) is 29.7 Å². The van der Waals surface area contributed by atoms with Crippen LogP contribution in [0.2, 0.25) is 0 Å². The first-order valence-corrected chi connectivity index (χ1v) is 10.1. The predicted molar refractivity (Wildman–Crippen MR) is 110 cm³/mol. The second-order valence-corrected chi connectivity index (χ2v) is 7.79. The van der Waals surface area contributed by atoms with Crippen molar-refractivity contribution in [2.45, 2.75) is 71.9 Å². The molecule has 0 spiro atoms. The van der Waals surface area contributed by atoms with Gasteiger partial charge >= 0.3 is 0 Å². The number of fused-ring (bicyclic) bond motifs is 1. The van der Waals surface area contributed by atoms with E-state index in [9.17, 15) is 4.79 Å². The summed E-state index contributed by atoms with van der Waals surface area (Å²) in [5.41, 5.74) is 6.39. The van der Waals surface area contributed by atoms with Crippen LogP contribution in [0.15, 0.2) is 36.4 Å². The lowest BCUT2D eigenvalue weighted by Crippen LogP contribution is -2.38. The monoisotopic (exact) mass is 365 g/mol. The smallest absolute Gasteiger partial charge is 0.261 e. The van der Waals surface area contributed by atoms with Gasteiger partial charge in [0.2, 0.25) is 0 Å². The molecule has 3 nitrogen and oxygen atoms in total. The summed E-state index contributed by atoms with van der Waals surface area (Å²) in [6.07, 6.45) is 5.21. The van der Waals surface area contributed by atoms with Crippen molar-refractivity contribution < 1.29 is 9.53 Å². The Morgan fingerprint density at radius 3 is 2.37 bits per heavy atom. The molecule has 0 aromatic heterocycles. The fourth-order valence-corrected chi connectivity index (χ4v) is 3.94. The molecule has 0 heterocycles. The molecule has 2 aromatic carbocycles. The van der Waals surface area contributed by atoms with Crippen LogP contribution in [-0.2, 0) is 17.6 Å². The van der Waals surface area contributed by atoms with Crippen molar-refractivity contribution in [3.05, 3.63) is 64.2 Å². The van der Waals surface area contributed by atoms with E-state index in [-0.39, 0.29) is 11.9 Å². The third kappa shape index (κ3) is 4.91. The number of benzene rings is 2. The van der Waals surface area contributed by atoms with Crippen molar-refractivity contribution in [1.82, 2.24) is 5.32 Å². The number of hydrogen-bond donors (Lipinski definition) is 1. The van der Waals surface area contributed by atoms with Gasteiger partial charge in [-0.1, -0.05) is 31.2 Å². The molecule has 144 valence electrons. The third-order valence-corrected chi connectivity index (χ3v) is 5.38. The first-order chi connectivity index (χ1) is 13.0. The Labute approximate surface area is 163 Å². The number of hydrogen-bond acceptors (Lipinski definition) is 2. The zero-order chi connectivity index (χ0) is 19.4. The highest BCUT2D eigenvalue weighted by molar-refractivity contribution is 5.81. The Morgan fingerprint density at radius 1 is 1.04 bits per heavy atom. The fourth-order valence-electron chi connectivity index (χ4n) is 3.94. The molecule has 1 amide bonds. The highest BCUT2D eigenvalue weighted by atomic mass is 16.5. The van der Waals surface area contributed by atoms with Gasteiger partial charge in [-0.15, -0.1) is 0 Å². The Balaban J connectivity index is 1.67. The van der Waals surface area contributed by atoms with Crippen LogP contribution in [-0.4, -0.2) is 12.0 Å². The SMILES string of the molecule is CC[C@H](NC(=O)[C@@H](C)Oc1cc(C)cc(C)c1)c1ccc2c(c1)CCCC2. The van der Waals surface area contributed by atoms with Crippen molar-refractivity contribution in [1.29, 1.82) is 0 Å². The van der Waals surface area contributed by atoms with Crippen LogP contribution in [0.3, 0.4) is 0 Å². The number of aryl methyl sites for hydroxylation is 4. The lowest BCUT2D eigenvalue weighted by atomic mass is 9.89. The molecule has 3 rings (SSSR count). The Morgan fingerprint density at radius 2 is 1.70 bits per heavy atom. The van der Waals surface area contributed by atoms with Crippen molar-refractivity contribution in [3.63, 3.8) is 0 Å². The zero-order valence-electron chi connectivity index (χ0n) is 17.0. The maximum absolute atomic E-state index is 12.7. The maximum atomic E-state index is 12.7. The van der Waals surface area contributed by atoms with E-state index in [1.54, 1.807) is 0 Å². The lowest BCUT2D eigenvalue weighted by molar-refractivity contribution is -0.128. The number of carbonyl (C=O) groups excluding carboxylic acids is 1. The number of nitrogens with one attached hydrogen (secondary N) is 1. The second-order valence-electron chi connectivity index (χ2n) is 7.79. The van der Waals surface area contributed by atoms with Gasteiger partial charge in [0.05, 0.1) is 6.04 Å². The quantitative estimate of drug-likeness (QED) is 0.762. The normalized spacial score (nSPS) is 15.6. The first kappa shape index (κ1) is 19.5. The average Bonchev–Trinajstić information content (AvgIpc) is 2.64. The Bertz CT molecular complexity index is 792. The van der Waals surface area contributed by atoms with E-state index in [1.807, 2.05) is 32.9 Å². The van der Waals surface area contributed by atoms with E-state index in [0.29, 0.717) is 0 Å². The standard InChI is InChI=1S/C24H31NO2/c1-5-23(21-11-10-19-8-6-7-9-20(19)15-21)25-24(26)18(4)27-22-13-16(2)12-17(3)14-22/h10-15,18,23H,5-9H2,1-4H3,(H,25,26)/t18-,23+/m1/s1. The van der Waals surface area contributed by atoms with Gasteiger partial charge in [0.25, 0.3) is 5.91 Å². The number of ether oxygens (including phenoxy) is 1. The average molecular weight is 366 g/mol. The summed E-state index contributed by atoms with van der Waals surface area (Å²) < 4.78 is 5.90. The van der Waals surface area contributed by atoms with E-state index in [1.165, 1.54) is 36.0 Å². The maximum Gasteiger partial charge on any atom is 0.261 e. The molecule has 27 heavy (non-hydrogen) atoms. The molecular formula is C24H31NO2. The summed E-state index contributed by atoms with van der Waals surface area (Å²) >= 11 is 0. The van der Waals surface area contributed by atoms with E-state index < -0.39 is 6.10 Å². The van der Waals surface area contributed by atoms with Gasteiger partial charge in [-0.05, 0) is 92.8 Å². The molecule has 1 aliphatic rings. The minimum absolute atomic E-state index is 0.0232. The molecule has 1 N–H and O–H groups in total. The molecule has 3 heteroatoms. The summed E-state index contributed by atoms with van der Waals surface area (Å²) in [5, 5.41) is 3.18. The van der Waals surface area contributed by atoms with Gasteiger partial charge in [0.15, 0.2) is 6.10 Å². The number of rotatable bonds is 6. The summed E-state index contributed by atoms with van der Waals surface area (Å²) in [5.74, 6) is 0.677. The molecule has 2 atom stereocenters. The molecule has 0 saturated carbocycles. The molecule has 2 aromatic rings. The van der Waals surface area contributed by atoms with Crippen LogP contribution in [0, 0.1) is 13.8 Å². The largest absolute Gasteiger partial charge is 0.481 e. The topological polar surface area (TPSA) is 38.3 Å². The minimum atomic E-state index is -0.530. The van der Waals surface area contributed by atoms with Gasteiger partial charge in [-0.3, -0.25) is 4.79 Å². The molecule has 0 bridgehead atoms. The molecular weight excluding hydrogens is 334 g/mol. The summed E-state index contributed by atoms with van der Waals surface area (Å²) in [4.78, 5) is 12.7. The van der Waals surface area contributed by atoms with Crippen LogP contribution < -0.4 is 10.1 Å². The first-order valence-electron chi connectivity index (χ1n) is 10.1. The molecule has 0 radical (unpaired) electrons. The molecule has 0 fully saturated rings. The third-order valence-electron chi connectivity index (χ3n) is 5.38. The highest BCUT2D eigenvalue weighted by Crippen LogP contribution is 2.26. The van der Waals surface area contributed by atoms with Gasteiger partial charge in [0, 0.05) is 0 Å². The van der Waals surface area contributed by atoms with Crippen molar-refractivity contribution in [3.8, 4) is 5.75 Å². The van der Waals surface area contributed by atoms with Gasteiger partial charge in [0.1, 0.15) is 5.75 Å². The molecule has 0 aliphatic heterocycles. The van der Waals surface area contributed by atoms with Crippen LogP contribution in [0.5, 0.6) is 5.75 Å². The predicted octanol–water partition coefficient (Wildman–Crippen LogP) is 5.22. The summed E-state index contributed by atoms with van der Waals surface area (Å²) in [6.45, 7) is 7.99. The van der Waals surface area contributed by atoms with Crippen LogP contribution in [0.1, 0.15) is 67.0 Å². The van der Waals surface area contributed by atoms with Gasteiger partial charge in [-0.2, -0.15) is 0 Å². The van der Waals surface area contributed by atoms with Crippen molar-refractivity contribution in [2.24, 2.45) is 0 Å². The van der Waals surface area contributed by atoms with Gasteiger partial charge < -0.3 is 10.1 Å². The lowest BCUT2D eigenvalue weighted by Gasteiger charge is -2.23. The van der Waals surface area contributed by atoms with Crippen LogP contribution >= 0.6 is 0 Å². The second kappa shape index (κ2) is 8.60. The Kier molecular flexibility index (Phi) is 6.20. The summed E-state index contributed by atoms with van der Waals surface area (Å²) in [6, 6.07) is 12.8. The van der Waals surface area contributed by atoms with E-state index in [2.05, 4.69) is 36.5 Å². The fraction of sp³-hybridized carbons (Fsp3) is 0.458.